The van der Waals surface area contributed by atoms with Crippen LogP contribution in [0, 0.1) is 0 Å². The van der Waals surface area contributed by atoms with Gasteiger partial charge in [0.1, 0.15) is 5.69 Å². The van der Waals surface area contributed by atoms with Gasteiger partial charge in [-0.2, -0.15) is 5.10 Å². The fourth-order valence-corrected chi connectivity index (χ4v) is 2.41. The molecule has 0 radical (unpaired) electrons. The van der Waals surface area contributed by atoms with Crippen LogP contribution in [0.1, 0.15) is 30.0 Å². The van der Waals surface area contributed by atoms with Gasteiger partial charge < -0.3 is 10.4 Å². The Morgan fingerprint density at radius 1 is 1.33 bits per heavy atom. The van der Waals surface area contributed by atoms with Crippen LogP contribution >= 0.6 is 23.2 Å². The molecular weight excluding hydrogens is 313 g/mol. The Bertz CT molecular complexity index is 683. The summed E-state index contributed by atoms with van der Waals surface area (Å²) in [4.78, 5) is 12.3. The first kappa shape index (κ1) is 15.7. The van der Waals surface area contributed by atoms with Crippen molar-refractivity contribution in [1.82, 2.24) is 9.78 Å². The largest absolute Gasteiger partial charge is 0.504 e. The highest BCUT2D eigenvalue weighted by Gasteiger charge is 2.17. The number of rotatable bonds is 4. The van der Waals surface area contributed by atoms with Crippen LogP contribution in [0.15, 0.2) is 18.2 Å². The van der Waals surface area contributed by atoms with Crippen molar-refractivity contribution in [1.29, 1.82) is 0 Å². The lowest BCUT2D eigenvalue weighted by Gasteiger charge is -2.09. The Morgan fingerprint density at radius 2 is 2.05 bits per heavy atom. The molecule has 0 fully saturated rings. The van der Waals surface area contributed by atoms with Crippen molar-refractivity contribution >= 4 is 34.8 Å². The quantitative estimate of drug-likeness (QED) is 0.841. The van der Waals surface area contributed by atoms with Gasteiger partial charge in [-0.3, -0.25) is 9.48 Å². The smallest absolute Gasteiger partial charge is 0.274 e. The predicted octanol–water partition coefficient (Wildman–Crippen LogP) is 3.73. The average Bonchev–Trinajstić information content (AvgIpc) is 2.87. The molecule has 0 saturated carbocycles. The highest BCUT2D eigenvalue weighted by molar-refractivity contribution is 6.36. The van der Waals surface area contributed by atoms with Crippen LogP contribution in [0.25, 0.3) is 0 Å². The third-order valence-electron chi connectivity index (χ3n) is 3.00. The van der Waals surface area contributed by atoms with E-state index >= 15 is 0 Å². The highest BCUT2D eigenvalue weighted by atomic mass is 35.5. The molecule has 0 spiro atoms. The van der Waals surface area contributed by atoms with Crippen molar-refractivity contribution < 1.29 is 9.90 Å². The molecule has 0 aliphatic heterocycles. The number of hydrogen-bond acceptors (Lipinski definition) is 3. The number of anilines is 1. The first-order valence-electron chi connectivity index (χ1n) is 6.52. The van der Waals surface area contributed by atoms with Gasteiger partial charge in [-0.1, -0.05) is 30.1 Å². The van der Waals surface area contributed by atoms with E-state index in [0.29, 0.717) is 17.3 Å². The monoisotopic (exact) mass is 327 g/mol. The Morgan fingerprint density at radius 3 is 2.67 bits per heavy atom. The van der Waals surface area contributed by atoms with E-state index in [2.05, 4.69) is 10.4 Å². The topological polar surface area (TPSA) is 67.2 Å². The molecule has 21 heavy (non-hydrogen) atoms. The third kappa shape index (κ3) is 3.31. The molecule has 0 unspecified atom stereocenters. The minimum Gasteiger partial charge on any atom is -0.504 e. The number of hydrogen-bond donors (Lipinski definition) is 2. The maximum atomic E-state index is 12.3. The van der Waals surface area contributed by atoms with Gasteiger partial charge in [0.25, 0.3) is 5.91 Å². The fourth-order valence-electron chi connectivity index (χ4n) is 1.91. The number of phenolic OH excluding ortho intramolecular Hbond substituents is 1. The van der Waals surface area contributed by atoms with Gasteiger partial charge in [-0.25, -0.2) is 0 Å². The molecule has 0 aliphatic rings. The van der Waals surface area contributed by atoms with Gasteiger partial charge in [-0.05, 0) is 31.5 Å². The van der Waals surface area contributed by atoms with Crippen molar-refractivity contribution in [3.63, 3.8) is 0 Å². The second-order valence-electron chi connectivity index (χ2n) is 4.43. The molecular formula is C14H15Cl2N3O2. The Kier molecular flexibility index (Phi) is 4.75. The van der Waals surface area contributed by atoms with Crippen LogP contribution in [0.5, 0.6) is 5.75 Å². The second kappa shape index (κ2) is 6.37. The van der Waals surface area contributed by atoms with Crippen LogP contribution < -0.4 is 5.32 Å². The number of aromatic nitrogens is 2. The molecule has 0 aliphatic carbocycles. The zero-order valence-corrected chi connectivity index (χ0v) is 13.2. The fraction of sp³-hybridized carbons (Fsp3) is 0.286. The van der Waals surface area contributed by atoms with E-state index in [9.17, 15) is 9.90 Å². The number of carbonyl (C=O) groups is 1. The summed E-state index contributed by atoms with van der Waals surface area (Å²) < 4.78 is 1.61. The van der Waals surface area contributed by atoms with Gasteiger partial charge in [0, 0.05) is 11.6 Å². The Balaban J connectivity index is 2.32. The number of aromatic hydroxyl groups is 1. The van der Waals surface area contributed by atoms with E-state index in [4.69, 9.17) is 23.2 Å². The summed E-state index contributed by atoms with van der Waals surface area (Å²) in [5.74, 6) is -0.592. The Labute approximate surface area is 132 Å². The average molecular weight is 328 g/mol. The summed E-state index contributed by atoms with van der Waals surface area (Å²) in [5.41, 5.74) is 1.42. The zero-order chi connectivity index (χ0) is 15.6. The Hall–Kier alpha value is -1.72. The molecule has 1 aromatic heterocycles. The molecule has 2 rings (SSSR count). The molecule has 2 N–H and O–H groups in total. The highest BCUT2D eigenvalue weighted by Crippen LogP contribution is 2.35. The van der Waals surface area contributed by atoms with Crippen molar-refractivity contribution in [3.05, 3.63) is 39.6 Å². The minimum absolute atomic E-state index is 0.0797. The van der Waals surface area contributed by atoms with Crippen LogP contribution in [0.3, 0.4) is 0 Å². The first-order valence-corrected chi connectivity index (χ1v) is 7.27. The SMILES string of the molecule is CCc1cc(C(=O)Nc2cc(Cl)cc(Cl)c2O)n(CC)n1. The van der Waals surface area contributed by atoms with Gasteiger partial charge in [0.2, 0.25) is 0 Å². The van der Waals surface area contributed by atoms with E-state index in [1.165, 1.54) is 12.1 Å². The number of aryl methyl sites for hydroxylation is 2. The van der Waals surface area contributed by atoms with Crippen molar-refractivity contribution in [2.24, 2.45) is 0 Å². The normalized spacial score (nSPS) is 10.7. The molecule has 1 heterocycles. The van der Waals surface area contributed by atoms with Crippen molar-refractivity contribution in [2.75, 3.05) is 5.32 Å². The van der Waals surface area contributed by atoms with Gasteiger partial charge >= 0.3 is 0 Å². The molecule has 1 amide bonds. The number of halogens is 2. The molecule has 0 atom stereocenters. The second-order valence-corrected chi connectivity index (χ2v) is 5.27. The summed E-state index contributed by atoms with van der Waals surface area (Å²) in [7, 11) is 0. The molecule has 0 bridgehead atoms. The molecule has 0 saturated heterocycles. The zero-order valence-electron chi connectivity index (χ0n) is 11.7. The molecule has 7 heteroatoms. The summed E-state index contributed by atoms with van der Waals surface area (Å²) in [6.07, 6.45) is 0.738. The number of phenols is 1. The van der Waals surface area contributed by atoms with Crippen LogP contribution in [-0.4, -0.2) is 20.8 Å². The van der Waals surface area contributed by atoms with Crippen molar-refractivity contribution in [2.45, 2.75) is 26.8 Å². The lowest BCUT2D eigenvalue weighted by Crippen LogP contribution is -2.17. The van der Waals surface area contributed by atoms with E-state index < -0.39 is 0 Å². The number of benzene rings is 1. The van der Waals surface area contributed by atoms with Gasteiger partial charge in [-0.15, -0.1) is 0 Å². The van der Waals surface area contributed by atoms with E-state index in [0.717, 1.165) is 12.1 Å². The summed E-state index contributed by atoms with van der Waals surface area (Å²) >= 11 is 11.7. The number of amides is 1. The minimum atomic E-state index is -0.377. The maximum Gasteiger partial charge on any atom is 0.274 e. The molecule has 112 valence electrons. The van der Waals surface area contributed by atoms with Crippen molar-refractivity contribution in [3.8, 4) is 5.75 Å². The third-order valence-corrected chi connectivity index (χ3v) is 3.51. The predicted molar refractivity (Wildman–Crippen MR) is 83.4 cm³/mol. The van der Waals surface area contributed by atoms with Crippen LogP contribution in [0.2, 0.25) is 10.0 Å². The van der Waals surface area contributed by atoms with Gasteiger partial charge in [0.15, 0.2) is 5.75 Å². The van der Waals surface area contributed by atoms with Crippen LogP contribution in [-0.2, 0) is 13.0 Å². The molecule has 5 nitrogen and oxygen atoms in total. The lowest BCUT2D eigenvalue weighted by molar-refractivity contribution is 0.101. The standard InChI is InChI=1S/C14H15Cl2N3O2/c1-3-9-7-12(19(4-2)18-9)14(21)17-11-6-8(15)5-10(16)13(11)20/h5-7,20H,3-4H2,1-2H3,(H,17,21). The summed E-state index contributed by atoms with van der Waals surface area (Å²) in [5, 5.41) is 17.2. The van der Waals surface area contributed by atoms with Gasteiger partial charge in [0.05, 0.1) is 16.4 Å². The number of nitrogens with zero attached hydrogens (tertiary/aromatic N) is 2. The summed E-state index contributed by atoms with van der Waals surface area (Å²) in [6.45, 7) is 4.44. The number of carbonyl (C=O) groups excluding carboxylic acids is 1. The number of nitrogens with one attached hydrogen (secondary N) is 1. The van der Waals surface area contributed by atoms with Crippen LogP contribution in [0.4, 0.5) is 5.69 Å². The summed E-state index contributed by atoms with van der Waals surface area (Å²) in [6, 6.07) is 4.57. The molecule has 2 aromatic rings. The lowest BCUT2D eigenvalue weighted by atomic mass is 10.2. The maximum absolute atomic E-state index is 12.3. The van der Waals surface area contributed by atoms with E-state index in [-0.39, 0.29) is 22.4 Å². The van der Waals surface area contributed by atoms with E-state index in [1.54, 1.807) is 10.7 Å². The van der Waals surface area contributed by atoms with E-state index in [1.807, 2.05) is 13.8 Å². The molecule has 1 aromatic carbocycles. The first-order chi connectivity index (χ1) is 9.96.